The Morgan fingerprint density at radius 1 is 1.50 bits per heavy atom. The Labute approximate surface area is 96.6 Å². The summed E-state index contributed by atoms with van der Waals surface area (Å²) in [7, 11) is 0. The van der Waals surface area contributed by atoms with Gasteiger partial charge >= 0.3 is 0 Å². The number of nitrogen functional groups attached to an aromatic ring is 1. The van der Waals surface area contributed by atoms with Crippen molar-refractivity contribution >= 4 is 33.4 Å². The third-order valence-corrected chi connectivity index (χ3v) is 3.32. The van der Waals surface area contributed by atoms with Crippen molar-refractivity contribution in [2.45, 2.75) is 17.7 Å². The smallest absolute Gasteiger partial charge is 0.0622 e. The van der Waals surface area contributed by atoms with E-state index in [0.29, 0.717) is 6.42 Å². The number of benzene rings is 1. The summed E-state index contributed by atoms with van der Waals surface area (Å²) in [5.41, 5.74) is 6.60. The quantitative estimate of drug-likeness (QED) is 0.518. The molecule has 0 bridgehead atoms. The van der Waals surface area contributed by atoms with Crippen molar-refractivity contribution in [1.82, 2.24) is 0 Å². The zero-order chi connectivity index (χ0) is 10.4. The van der Waals surface area contributed by atoms with Crippen LogP contribution in [-0.2, 0) is 0 Å². The van der Waals surface area contributed by atoms with E-state index in [1.807, 2.05) is 18.2 Å². The highest BCUT2D eigenvalue weighted by Gasteiger charge is 2.00. The average molecular weight is 271 g/mol. The molecule has 0 amide bonds. The summed E-state index contributed by atoms with van der Waals surface area (Å²) in [5.74, 6) is 0.939. The highest BCUT2D eigenvalue weighted by atomic mass is 79.9. The average Bonchev–Trinajstić information content (AvgIpc) is 2.18. The minimum absolute atomic E-state index is 0.612. The number of unbranched alkanes of at least 4 members (excludes halogenated alkanes) is 1. The third kappa shape index (κ3) is 3.60. The first-order valence-electron chi connectivity index (χ1n) is 4.29. The SMILES string of the molecule is N#CCCCSc1cc(Br)ccc1N. The lowest BCUT2D eigenvalue weighted by Crippen LogP contribution is -1.89. The van der Waals surface area contributed by atoms with Crippen molar-refractivity contribution in [2.75, 3.05) is 11.5 Å². The van der Waals surface area contributed by atoms with Gasteiger partial charge < -0.3 is 5.73 Å². The predicted molar refractivity (Wildman–Crippen MR) is 64.1 cm³/mol. The van der Waals surface area contributed by atoms with Crippen LogP contribution in [-0.4, -0.2) is 5.75 Å². The zero-order valence-corrected chi connectivity index (χ0v) is 10.1. The van der Waals surface area contributed by atoms with Gasteiger partial charge in [-0.3, -0.25) is 0 Å². The Hall–Kier alpha value is -0.660. The van der Waals surface area contributed by atoms with Gasteiger partial charge in [-0.15, -0.1) is 11.8 Å². The van der Waals surface area contributed by atoms with Crippen molar-refractivity contribution in [3.8, 4) is 6.07 Å². The number of nitrogens with zero attached hydrogens (tertiary/aromatic N) is 1. The minimum atomic E-state index is 0.612. The van der Waals surface area contributed by atoms with Crippen LogP contribution in [0.5, 0.6) is 0 Å². The maximum absolute atomic E-state index is 8.37. The number of halogens is 1. The van der Waals surface area contributed by atoms with Crippen molar-refractivity contribution in [3.63, 3.8) is 0 Å². The zero-order valence-electron chi connectivity index (χ0n) is 7.66. The van der Waals surface area contributed by atoms with Crippen LogP contribution in [0.4, 0.5) is 5.69 Å². The van der Waals surface area contributed by atoms with E-state index in [1.54, 1.807) is 11.8 Å². The molecular formula is C10H11BrN2S. The second-order valence-electron chi connectivity index (χ2n) is 2.79. The Kier molecular flexibility index (Phi) is 4.85. The summed E-state index contributed by atoms with van der Waals surface area (Å²) < 4.78 is 1.04. The first kappa shape index (κ1) is 11.4. The lowest BCUT2D eigenvalue weighted by atomic mass is 10.3. The molecule has 0 aliphatic heterocycles. The van der Waals surface area contributed by atoms with E-state index in [1.165, 1.54) is 0 Å². The number of rotatable bonds is 4. The van der Waals surface area contributed by atoms with Crippen molar-refractivity contribution in [3.05, 3.63) is 22.7 Å². The van der Waals surface area contributed by atoms with Gasteiger partial charge in [0.1, 0.15) is 0 Å². The number of hydrogen-bond donors (Lipinski definition) is 1. The van der Waals surface area contributed by atoms with E-state index in [4.69, 9.17) is 11.0 Å². The fourth-order valence-corrected chi connectivity index (χ4v) is 2.43. The highest BCUT2D eigenvalue weighted by molar-refractivity contribution is 9.10. The van der Waals surface area contributed by atoms with Gasteiger partial charge in [0.25, 0.3) is 0 Å². The molecule has 0 aliphatic carbocycles. The van der Waals surface area contributed by atoms with E-state index in [2.05, 4.69) is 22.0 Å². The van der Waals surface area contributed by atoms with Crippen LogP contribution in [0.3, 0.4) is 0 Å². The van der Waals surface area contributed by atoms with Crippen molar-refractivity contribution in [2.24, 2.45) is 0 Å². The summed E-state index contributed by atoms with van der Waals surface area (Å²) in [6.45, 7) is 0. The number of thioether (sulfide) groups is 1. The molecule has 0 radical (unpaired) electrons. The molecular weight excluding hydrogens is 260 g/mol. The molecule has 14 heavy (non-hydrogen) atoms. The Morgan fingerprint density at radius 3 is 3.00 bits per heavy atom. The van der Waals surface area contributed by atoms with Crippen LogP contribution in [0.2, 0.25) is 0 Å². The number of nitrogens with two attached hydrogens (primary N) is 1. The van der Waals surface area contributed by atoms with Gasteiger partial charge in [0, 0.05) is 21.5 Å². The maximum Gasteiger partial charge on any atom is 0.0622 e. The van der Waals surface area contributed by atoms with Gasteiger partial charge in [0.2, 0.25) is 0 Å². The first-order chi connectivity index (χ1) is 6.74. The lowest BCUT2D eigenvalue weighted by Gasteiger charge is -2.04. The fourth-order valence-electron chi connectivity index (χ4n) is 0.967. The van der Waals surface area contributed by atoms with Gasteiger partial charge in [-0.25, -0.2) is 0 Å². The molecule has 0 heterocycles. The lowest BCUT2D eigenvalue weighted by molar-refractivity contribution is 0.981. The van der Waals surface area contributed by atoms with Crippen LogP contribution in [0, 0.1) is 11.3 Å². The number of hydrogen-bond acceptors (Lipinski definition) is 3. The van der Waals surface area contributed by atoms with E-state index < -0.39 is 0 Å². The van der Waals surface area contributed by atoms with Gasteiger partial charge in [-0.1, -0.05) is 15.9 Å². The number of anilines is 1. The van der Waals surface area contributed by atoms with E-state index >= 15 is 0 Å². The normalized spacial score (nSPS) is 9.71. The molecule has 0 atom stereocenters. The second kappa shape index (κ2) is 5.94. The molecule has 1 aromatic carbocycles. The number of nitriles is 1. The molecule has 1 aromatic rings. The van der Waals surface area contributed by atoms with Gasteiger partial charge in [-0.2, -0.15) is 5.26 Å². The predicted octanol–water partition coefficient (Wildman–Crippen LogP) is 3.43. The Balaban J connectivity index is 2.50. The molecule has 4 heteroatoms. The molecule has 1 rings (SSSR count). The largest absolute Gasteiger partial charge is 0.398 e. The van der Waals surface area contributed by atoms with Crippen LogP contribution in [0.15, 0.2) is 27.6 Å². The summed E-state index contributed by atoms with van der Waals surface area (Å²) in [6, 6.07) is 7.94. The molecule has 0 saturated carbocycles. The molecule has 0 unspecified atom stereocenters. The van der Waals surface area contributed by atoms with Gasteiger partial charge in [0.15, 0.2) is 0 Å². The van der Waals surface area contributed by atoms with Gasteiger partial charge in [0.05, 0.1) is 6.07 Å². The summed E-state index contributed by atoms with van der Waals surface area (Å²) in [5, 5.41) is 8.37. The molecule has 0 aromatic heterocycles. The van der Waals surface area contributed by atoms with Crippen LogP contribution in [0.25, 0.3) is 0 Å². The summed E-state index contributed by atoms with van der Waals surface area (Å²) in [6.07, 6.45) is 1.52. The van der Waals surface area contributed by atoms with E-state index in [0.717, 1.165) is 27.2 Å². The standard InChI is InChI=1S/C10H11BrN2S/c11-8-3-4-9(13)10(7-8)14-6-2-1-5-12/h3-4,7H,1-2,6,13H2. The van der Waals surface area contributed by atoms with Crippen LogP contribution in [0.1, 0.15) is 12.8 Å². The molecule has 0 spiro atoms. The molecule has 0 aliphatic rings. The van der Waals surface area contributed by atoms with E-state index in [-0.39, 0.29) is 0 Å². The molecule has 0 saturated heterocycles. The summed E-state index contributed by atoms with van der Waals surface area (Å²) in [4.78, 5) is 1.08. The molecule has 2 nitrogen and oxygen atoms in total. The monoisotopic (exact) mass is 270 g/mol. The van der Waals surface area contributed by atoms with Gasteiger partial charge in [-0.05, 0) is 30.4 Å². The highest BCUT2D eigenvalue weighted by Crippen LogP contribution is 2.28. The Bertz CT molecular complexity index is 346. The molecule has 74 valence electrons. The van der Waals surface area contributed by atoms with Crippen LogP contribution >= 0.6 is 27.7 Å². The fraction of sp³-hybridized carbons (Fsp3) is 0.300. The third-order valence-electron chi connectivity index (χ3n) is 1.67. The molecule has 0 fully saturated rings. The Morgan fingerprint density at radius 2 is 2.29 bits per heavy atom. The molecule has 2 N–H and O–H groups in total. The summed E-state index contributed by atoms with van der Waals surface area (Å²) >= 11 is 5.09. The van der Waals surface area contributed by atoms with E-state index in [9.17, 15) is 0 Å². The first-order valence-corrected chi connectivity index (χ1v) is 6.06. The topological polar surface area (TPSA) is 49.8 Å². The second-order valence-corrected chi connectivity index (χ2v) is 4.84. The maximum atomic E-state index is 8.37. The van der Waals surface area contributed by atoms with Crippen molar-refractivity contribution in [1.29, 1.82) is 5.26 Å². The van der Waals surface area contributed by atoms with Crippen molar-refractivity contribution < 1.29 is 0 Å². The minimum Gasteiger partial charge on any atom is -0.398 e. The van der Waals surface area contributed by atoms with Crippen LogP contribution < -0.4 is 5.73 Å².